The van der Waals surface area contributed by atoms with E-state index < -0.39 is 5.60 Å². The molecule has 2 heterocycles. The molecule has 0 atom stereocenters. The van der Waals surface area contributed by atoms with Crippen molar-refractivity contribution in [1.29, 1.82) is 0 Å². The second-order valence-corrected chi connectivity index (χ2v) is 6.27. The van der Waals surface area contributed by atoms with Gasteiger partial charge in [-0.2, -0.15) is 0 Å². The van der Waals surface area contributed by atoms with Crippen molar-refractivity contribution in [3.05, 3.63) is 34.2 Å². The van der Waals surface area contributed by atoms with Gasteiger partial charge in [0.25, 0.3) is 0 Å². The molecule has 0 amide bonds. The minimum atomic E-state index is -0.584. The fourth-order valence-corrected chi connectivity index (χ4v) is 3.15. The topological polar surface area (TPSA) is 46.5 Å². The van der Waals surface area contributed by atoms with Gasteiger partial charge in [-0.05, 0) is 38.8 Å². The number of fused-ring (bicyclic) bond motifs is 2. The molecule has 4 heteroatoms. The fourth-order valence-electron chi connectivity index (χ4n) is 2.87. The SMILES string of the molecule is Cc1cc2c(CC3(O)CC3)c3oc(C)cc3c(Cl)c2o1. The minimum Gasteiger partial charge on any atom is -0.461 e. The molecule has 104 valence electrons. The molecule has 3 aromatic rings. The molecule has 1 saturated carbocycles. The van der Waals surface area contributed by atoms with Gasteiger partial charge < -0.3 is 13.9 Å². The van der Waals surface area contributed by atoms with Crippen LogP contribution in [-0.2, 0) is 6.42 Å². The van der Waals surface area contributed by atoms with Crippen LogP contribution in [0.5, 0.6) is 0 Å². The maximum absolute atomic E-state index is 10.3. The van der Waals surface area contributed by atoms with Crippen molar-refractivity contribution >= 4 is 33.5 Å². The molecular formula is C16H15ClO3. The van der Waals surface area contributed by atoms with E-state index in [-0.39, 0.29) is 0 Å². The van der Waals surface area contributed by atoms with Crippen LogP contribution in [-0.4, -0.2) is 10.7 Å². The van der Waals surface area contributed by atoms with E-state index in [4.69, 9.17) is 20.4 Å². The molecule has 1 aliphatic carbocycles. The normalized spacial score (nSPS) is 17.2. The van der Waals surface area contributed by atoms with Crippen LogP contribution in [0.15, 0.2) is 21.0 Å². The van der Waals surface area contributed by atoms with Gasteiger partial charge in [-0.25, -0.2) is 0 Å². The lowest BCUT2D eigenvalue weighted by atomic mass is 10.00. The van der Waals surface area contributed by atoms with Crippen molar-refractivity contribution in [3.8, 4) is 0 Å². The Balaban J connectivity index is 2.11. The summed E-state index contributed by atoms with van der Waals surface area (Å²) >= 11 is 6.44. The third-order valence-electron chi connectivity index (χ3n) is 4.08. The Bertz CT molecular complexity index is 779. The summed E-state index contributed by atoms with van der Waals surface area (Å²) in [6.07, 6.45) is 2.27. The van der Waals surface area contributed by atoms with Gasteiger partial charge in [0, 0.05) is 22.8 Å². The molecule has 1 aromatic carbocycles. The van der Waals surface area contributed by atoms with Crippen LogP contribution in [0.2, 0.25) is 5.02 Å². The van der Waals surface area contributed by atoms with Crippen LogP contribution in [0.4, 0.5) is 0 Å². The van der Waals surface area contributed by atoms with Crippen molar-refractivity contribution < 1.29 is 13.9 Å². The van der Waals surface area contributed by atoms with E-state index in [1.54, 1.807) is 0 Å². The number of hydrogen-bond donors (Lipinski definition) is 1. The second-order valence-electron chi connectivity index (χ2n) is 5.89. The molecule has 4 rings (SSSR count). The Kier molecular flexibility index (Phi) is 2.34. The highest BCUT2D eigenvalue weighted by atomic mass is 35.5. The van der Waals surface area contributed by atoms with Crippen LogP contribution in [0, 0.1) is 13.8 Å². The van der Waals surface area contributed by atoms with Gasteiger partial charge in [-0.15, -0.1) is 0 Å². The highest BCUT2D eigenvalue weighted by Crippen LogP contribution is 2.45. The number of benzene rings is 1. The molecule has 2 aromatic heterocycles. The van der Waals surface area contributed by atoms with Gasteiger partial charge in [0.15, 0.2) is 5.58 Å². The van der Waals surface area contributed by atoms with Gasteiger partial charge in [-0.1, -0.05) is 11.6 Å². The summed E-state index contributed by atoms with van der Waals surface area (Å²) in [7, 11) is 0. The summed E-state index contributed by atoms with van der Waals surface area (Å²) < 4.78 is 11.6. The maximum atomic E-state index is 10.3. The molecule has 1 fully saturated rings. The summed E-state index contributed by atoms with van der Waals surface area (Å²) in [6.45, 7) is 3.80. The van der Waals surface area contributed by atoms with Crippen LogP contribution in [0.25, 0.3) is 21.9 Å². The Morgan fingerprint density at radius 3 is 2.35 bits per heavy atom. The number of furan rings is 2. The predicted molar refractivity (Wildman–Crippen MR) is 78.4 cm³/mol. The third kappa shape index (κ3) is 1.70. The van der Waals surface area contributed by atoms with Crippen molar-refractivity contribution in [1.82, 2.24) is 0 Å². The number of hydrogen-bond acceptors (Lipinski definition) is 3. The van der Waals surface area contributed by atoms with Crippen molar-refractivity contribution in [2.24, 2.45) is 0 Å². The lowest BCUT2D eigenvalue weighted by molar-refractivity contribution is 0.151. The molecule has 0 radical (unpaired) electrons. The average molecular weight is 291 g/mol. The van der Waals surface area contributed by atoms with E-state index in [1.807, 2.05) is 26.0 Å². The molecule has 1 N–H and O–H groups in total. The first-order chi connectivity index (χ1) is 9.47. The zero-order valence-corrected chi connectivity index (χ0v) is 12.2. The van der Waals surface area contributed by atoms with Gasteiger partial charge in [0.2, 0.25) is 0 Å². The zero-order chi connectivity index (χ0) is 14.1. The van der Waals surface area contributed by atoms with Gasteiger partial charge >= 0.3 is 0 Å². The number of aliphatic hydroxyl groups is 1. The first kappa shape index (κ1) is 12.3. The molecule has 0 aliphatic heterocycles. The van der Waals surface area contributed by atoms with E-state index >= 15 is 0 Å². The third-order valence-corrected chi connectivity index (χ3v) is 4.45. The monoisotopic (exact) mass is 290 g/mol. The Labute approximate surface area is 121 Å². The fraction of sp³-hybridized carbons (Fsp3) is 0.375. The predicted octanol–water partition coefficient (Wildman–Crippen LogP) is 4.52. The quantitative estimate of drug-likeness (QED) is 0.755. The largest absolute Gasteiger partial charge is 0.461 e. The first-order valence-corrected chi connectivity index (χ1v) is 7.18. The Morgan fingerprint density at radius 1 is 1.10 bits per heavy atom. The Hall–Kier alpha value is -1.45. The standard InChI is InChI=1S/C16H15ClO3/c1-8-5-10-12(7-16(18)3-4-16)14-11(6-9(2)19-14)13(17)15(10)20-8/h5-6,18H,3-4,7H2,1-2H3. The van der Waals surface area contributed by atoms with Crippen molar-refractivity contribution in [2.75, 3.05) is 0 Å². The molecule has 0 bridgehead atoms. The summed E-state index contributed by atoms with van der Waals surface area (Å²) in [5.74, 6) is 1.63. The molecule has 0 unspecified atom stereocenters. The highest BCUT2D eigenvalue weighted by molar-refractivity contribution is 6.40. The molecule has 20 heavy (non-hydrogen) atoms. The summed E-state index contributed by atoms with van der Waals surface area (Å²) in [5, 5.41) is 12.7. The number of rotatable bonds is 2. The van der Waals surface area contributed by atoms with Crippen molar-refractivity contribution in [2.45, 2.75) is 38.7 Å². The van der Waals surface area contributed by atoms with E-state index in [0.29, 0.717) is 17.0 Å². The average Bonchev–Trinajstić information content (AvgIpc) is 2.82. The minimum absolute atomic E-state index is 0.584. The van der Waals surface area contributed by atoms with E-state index in [1.165, 1.54) is 0 Å². The summed E-state index contributed by atoms with van der Waals surface area (Å²) in [6, 6.07) is 3.90. The molecule has 0 saturated heterocycles. The van der Waals surface area contributed by atoms with E-state index in [0.717, 1.165) is 46.3 Å². The lowest BCUT2D eigenvalue weighted by Gasteiger charge is -2.10. The number of halogens is 1. The number of aryl methyl sites for hydroxylation is 2. The zero-order valence-electron chi connectivity index (χ0n) is 11.4. The van der Waals surface area contributed by atoms with Gasteiger partial charge in [0.05, 0.1) is 10.6 Å². The second kappa shape index (κ2) is 3.80. The first-order valence-electron chi connectivity index (χ1n) is 6.80. The molecular weight excluding hydrogens is 276 g/mol. The van der Waals surface area contributed by atoms with E-state index in [9.17, 15) is 5.11 Å². The van der Waals surface area contributed by atoms with Crippen LogP contribution in [0.1, 0.15) is 29.9 Å². The Morgan fingerprint density at radius 2 is 1.70 bits per heavy atom. The van der Waals surface area contributed by atoms with Crippen LogP contribution >= 0.6 is 11.6 Å². The summed E-state index contributed by atoms with van der Waals surface area (Å²) in [4.78, 5) is 0. The summed E-state index contributed by atoms with van der Waals surface area (Å²) in [5.41, 5.74) is 1.89. The van der Waals surface area contributed by atoms with Gasteiger partial charge in [-0.3, -0.25) is 0 Å². The smallest absolute Gasteiger partial charge is 0.154 e. The molecule has 3 nitrogen and oxygen atoms in total. The maximum Gasteiger partial charge on any atom is 0.154 e. The van der Waals surface area contributed by atoms with Gasteiger partial charge in [0.1, 0.15) is 17.1 Å². The highest BCUT2D eigenvalue weighted by Gasteiger charge is 2.41. The van der Waals surface area contributed by atoms with Crippen LogP contribution < -0.4 is 0 Å². The van der Waals surface area contributed by atoms with E-state index in [2.05, 4.69) is 0 Å². The molecule has 1 aliphatic rings. The lowest BCUT2D eigenvalue weighted by Crippen LogP contribution is -2.11. The van der Waals surface area contributed by atoms with Crippen molar-refractivity contribution in [3.63, 3.8) is 0 Å². The molecule has 0 spiro atoms. The van der Waals surface area contributed by atoms with Crippen LogP contribution in [0.3, 0.4) is 0 Å².